The van der Waals surface area contributed by atoms with Crippen LogP contribution in [-0.2, 0) is 4.74 Å². The Labute approximate surface area is 140 Å². The van der Waals surface area contributed by atoms with Gasteiger partial charge < -0.3 is 23.7 Å². The molecule has 0 heterocycles. The molecule has 0 spiro atoms. The molecule has 0 aliphatic rings. The highest BCUT2D eigenvalue weighted by atomic mass is 16.6. The normalized spacial score (nSPS) is 9.96. The average molecular weight is 332 g/mol. The van der Waals surface area contributed by atoms with E-state index in [1.54, 1.807) is 12.1 Å². The molecule has 0 atom stereocenters. The third-order valence-electron chi connectivity index (χ3n) is 3.25. The largest absolute Gasteiger partial charge is 0.493 e. The van der Waals surface area contributed by atoms with Crippen LogP contribution in [0.3, 0.4) is 0 Å². The Bertz CT molecular complexity index is 669. The van der Waals surface area contributed by atoms with Crippen LogP contribution in [0.25, 0.3) is 0 Å². The zero-order chi connectivity index (χ0) is 17.4. The first-order valence-electron chi connectivity index (χ1n) is 7.35. The van der Waals surface area contributed by atoms with Crippen molar-refractivity contribution in [2.24, 2.45) is 0 Å². The van der Waals surface area contributed by atoms with Crippen LogP contribution in [0.5, 0.6) is 23.0 Å². The van der Waals surface area contributed by atoms with Gasteiger partial charge >= 0.3 is 5.97 Å². The number of rotatable bonds is 8. The molecule has 6 heteroatoms. The summed E-state index contributed by atoms with van der Waals surface area (Å²) in [5.41, 5.74) is 0.259. The van der Waals surface area contributed by atoms with Crippen LogP contribution in [0.4, 0.5) is 0 Å². The molecule has 0 bridgehead atoms. The van der Waals surface area contributed by atoms with Crippen molar-refractivity contribution in [2.75, 3.05) is 34.5 Å². The summed E-state index contributed by atoms with van der Waals surface area (Å²) in [7, 11) is 4.44. The zero-order valence-electron chi connectivity index (χ0n) is 13.9. The number of benzene rings is 2. The minimum absolute atomic E-state index is 0.116. The molecule has 0 unspecified atom stereocenters. The first-order valence-corrected chi connectivity index (χ1v) is 7.35. The van der Waals surface area contributed by atoms with Crippen LogP contribution in [0, 0.1) is 0 Å². The highest BCUT2D eigenvalue weighted by Gasteiger charge is 2.21. The van der Waals surface area contributed by atoms with E-state index < -0.39 is 5.97 Å². The van der Waals surface area contributed by atoms with Gasteiger partial charge in [0.2, 0.25) is 5.75 Å². The summed E-state index contributed by atoms with van der Waals surface area (Å²) in [4.78, 5) is 12.2. The molecule has 2 aromatic carbocycles. The number of hydrogen-bond donors (Lipinski definition) is 0. The lowest BCUT2D eigenvalue weighted by molar-refractivity contribution is 0.0446. The Morgan fingerprint density at radius 1 is 0.833 bits per heavy atom. The molecule has 0 N–H and O–H groups in total. The van der Waals surface area contributed by atoms with E-state index in [9.17, 15) is 4.79 Å². The summed E-state index contributed by atoms with van der Waals surface area (Å²) in [5.74, 6) is 1.28. The Balaban J connectivity index is 1.99. The van der Waals surface area contributed by atoms with Gasteiger partial charge in [0, 0.05) is 0 Å². The fourth-order valence-electron chi connectivity index (χ4n) is 2.15. The predicted molar refractivity (Wildman–Crippen MR) is 88.3 cm³/mol. The van der Waals surface area contributed by atoms with E-state index in [2.05, 4.69) is 0 Å². The molecule has 0 fully saturated rings. The van der Waals surface area contributed by atoms with Gasteiger partial charge in [0.05, 0.1) is 21.3 Å². The standard InChI is InChI=1S/C18H20O6/c1-20-15-10-9-14(16(21-2)17(15)22-3)18(19)24-12-11-23-13-7-5-4-6-8-13/h4-10H,11-12H2,1-3H3. The molecule has 2 aromatic rings. The van der Waals surface area contributed by atoms with E-state index in [1.807, 2.05) is 30.3 Å². The SMILES string of the molecule is COc1ccc(C(=O)OCCOc2ccccc2)c(OC)c1OC. The first kappa shape index (κ1) is 17.5. The Hall–Kier alpha value is -2.89. The van der Waals surface area contributed by atoms with Crippen LogP contribution in [0.1, 0.15) is 10.4 Å². The molecule has 0 aliphatic carbocycles. The van der Waals surface area contributed by atoms with Crippen molar-refractivity contribution in [3.63, 3.8) is 0 Å². The van der Waals surface area contributed by atoms with Crippen LogP contribution in [0.15, 0.2) is 42.5 Å². The summed E-state index contributed by atoms with van der Waals surface area (Å²) in [6.07, 6.45) is 0. The fourth-order valence-corrected chi connectivity index (χ4v) is 2.15. The van der Waals surface area contributed by atoms with Gasteiger partial charge in [-0.1, -0.05) is 18.2 Å². The summed E-state index contributed by atoms with van der Waals surface area (Å²) >= 11 is 0. The molecule has 0 aromatic heterocycles. The van der Waals surface area contributed by atoms with Crippen LogP contribution >= 0.6 is 0 Å². The maximum atomic E-state index is 12.2. The number of carbonyl (C=O) groups excluding carboxylic acids is 1. The van der Waals surface area contributed by atoms with Gasteiger partial charge in [-0.2, -0.15) is 0 Å². The van der Waals surface area contributed by atoms with Crippen molar-refractivity contribution in [3.8, 4) is 23.0 Å². The number of hydrogen-bond acceptors (Lipinski definition) is 6. The third-order valence-corrected chi connectivity index (χ3v) is 3.25. The Morgan fingerprint density at radius 3 is 2.17 bits per heavy atom. The van der Waals surface area contributed by atoms with Crippen LogP contribution in [0.2, 0.25) is 0 Å². The van der Waals surface area contributed by atoms with Gasteiger partial charge in [-0.25, -0.2) is 4.79 Å². The Morgan fingerprint density at radius 2 is 1.54 bits per heavy atom. The molecular weight excluding hydrogens is 312 g/mol. The van der Waals surface area contributed by atoms with Crippen molar-refractivity contribution in [2.45, 2.75) is 0 Å². The number of para-hydroxylation sites is 1. The molecule has 24 heavy (non-hydrogen) atoms. The monoisotopic (exact) mass is 332 g/mol. The molecule has 128 valence electrons. The van der Waals surface area contributed by atoms with Gasteiger partial charge in [0.15, 0.2) is 11.5 Å². The number of esters is 1. The minimum Gasteiger partial charge on any atom is -0.493 e. The lowest BCUT2D eigenvalue weighted by Gasteiger charge is -2.15. The average Bonchev–Trinajstić information content (AvgIpc) is 2.64. The topological polar surface area (TPSA) is 63.2 Å². The molecule has 0 saturated heterocycles. The Kier molecular flexibility index (Phi) is 6.31. The zero-order valence-corrected chi connectivity index (χ0v) is 13.9. The molecule has 0 radical (unpaired) electrons. The maximum Gasteiger partial charge on any atom is 0.342 e. The third kappa shape index (κ3) is 4.10. The smallest absolute Gasteiger partial charge is 0.342 e. The number of carbonyl (C=O) groups is 1. The van der Waals surface area contributed by atoms with E-state index in [-0.39, 0.29) is 24.5 Å². The van der Waals surface area contributed by atoms with Crippen molar-refractivity contribution in [3.05, 3.63) is 48.0 Å². The van der Waals surface area contributed by atoms with E-state index in [4.69, 9.17) is 23.7 Å². The number of ether oxygens (including phenoxy) is 5. The first-order chi connectivity index (χ1) is 11.7. The van der Waals surface area contributed by atoms with Gasteiger partial charge in [-0.3, -0.25) is 0 Å². The van der Waals surface area contributed by atoms with Crippen molar-refractivity contribution < 1.29 is 28.5 Å². The molecule has 6 nitrogen and oxygen atoms in total. The summed E-state index contributed by atoms with van der Waals surface area (Å²) in [6.45, 7) is 0.372. The van der Waals surface area contributed by atoms with Gasteiger partial charge in [-0.15, -0.1) is 0 Å². The minimum atomic E-state index is -0.524. The van der Waals surface area contributed by atoms with Crippen molar-refractivity contribution >= 4 is 5.97 Å². The quantitative estimate of drug-likeness (QED) is 0.547. The fraction of sp³-hybridized carbons (Fsp3) is 0.278. The highest BCUT2D eigenvalue weighted by Crippen LogP contribution is 2.39. The second kappa shape index (κ2) is 8.67. The molecular formula is C18H20O6. The molecule has 0 aliphatic heterocycles. The summed E-state index contributed by atoms with van der Waals surface area (Å²) in [6, 6.07) is 12.5. The van der Waals surface area contributed by atoms with Gasteiger partial charge in [0.1, 0.15) is 24.5 Å². The van der Waals surface area contributed by atoms with E-state index in [0.717, 1.165) is 5.75 Å². The maximum absolute atomic E-state index is 12.2. The van der Waals surface area contributed by atoms with Crippen molar-refractivity contribution in [1.82, 2.24) is 0 Å². The lowest BCUT2D eigenvalue weighted by atomic mass is 10.1. The van der Waals surface area contributed by atoms with E-state index >= 15 is 0 Å². The summed E-state index contributed by atoms with van der Waals surface area (Å²) < 4.78 is 26.4. The molecule has 2 rings (SSSR count). The second-order valence-electron chi connectivity index (χ2n) is 4.68. The second-order valence-corrected chi connectivity index (χ2v) is 4.68. The lowest BCUT2D eigenvalue weighted by Crippen LogP contribution is -2.13. The van der Waals surface area contributed by atoms with E-state index in [1.165, 1.54) is 21.3 Å². The predicted octanol–water partition coefficient (Wildman–Crippen LogP) is 2.95. The highest BCUT2D eigenvalue weighted by molar-refractivity contribution is 5.94. The molecule has 0 amide bonds. The molecule has 0 saturated carbocycles. The van der Waals surface area contributed by atoms with Crippen molar-refractivity contribution in [1.29, 1.82) is 0 Å². The van der Waals surface area contributed by atoms with E-state index in [0.29, 0.717) is 11.5 Å². The van der Waals surface area contributed by atoms with Crippen LogP contribution < -0.4 is 18.9 Å². The summed E-state index contributed by atoms with van der Waals surface area (Å²) in [5, 5.41) is 0. The van der Waals surface area contributed by atoms with Crippen LogP contribution in [-0.4, -0.2) is 40.5 Å². The van der Waals surface area contributed by atoms with Gasteiger partial charge in [0.25, 0.3) is 0 Å². The van der Waals surface area contributed by atoms with Gasteiger partial charge in [-0.05, 0) is 24.3 Å². The number of methoxy groups -OCH3 is 3.